The summed E-state index contributed by atoms with van der Waals surface area (Å²) in [5, 5.41) is 11.1. The van der Waals surface area contributed by atoms with Crippen LogP contribution in [0.5, 0.6) is 0 Å². The van der Waals surface area contributed by atoms with E-state index in [-0.39, 0.29) is 0 Å². The molecule has 0 amide bonds. The van der Waals surface area contributed by atoms with Gasteiger partial charge < -0.3 is 15.0 Å². The molecule has 0 radical (unpaired) electrons. The summed E-state index contributed by atoms with van der Waals surface area (Å²) in [6.07, 6.45) is 1.02. The molecule has 0 unspecified atom stereocenters. The van der Waals surface area contributed by atoms with Gasteiger partial charge in [0.25, 0.3) is 0 Å². The van der Waals surface area contributed by atoms with Gasteiger partial charge in [-0.2, -0.15) is 0 Å². The minimum atomic E-state index is 0.425. The molecule has 9 heteroatoms. The third-order valence-corrected chi connectivity index (χ3v) is 5.26. The second-order valence-electron chi connectivity index (χ2n) is 7.17. The molecule has 3 aromatic rings. The standard InChI is InChI=1S/C19H23N7O2/c1-2-5-15-13-25(12-14(15)4-1)7-3-6-20-18-19(26-8-10-27-11-9-26)22-17-16(21-18)23-28-24-17/h1-2,4-5H,3,6-13H2,(H,20,21,23). The van der Waals surface area contributed by atoms with Crippen molar-refractivity contribution in [3.63, 3.8) is 0 Å². The molecular formula is C19H23N7O2. The predicted octanol–water partition coefficient (Wildman–Crippen LogP) is 1.67. The van der Waals surface area contributed by atoms with Crippen LogP contribution in [0.1, 0.15) is 17.5 Å². The van der Waals surface area contributed by atoms with E-state index in [2.05, 4.69) is 59.7 Å². The molecule has 0 spiro atoms. The molecule has 0 bridgehead atoms. The summed E-state index contributed by atoms with van der Waals surface area (Å²) in [7, 11) is 0. The molecule has 1 aromatic carbocycles. The fourth-order valence-electron chi connectivity index (χ4n) is 3.81. The van der Waals surface area contributed by atoms with Crippen LogP contribution in [-0.4, -0.2) is 64.6 Å². The Morgan fingerprint density at radius 3 is 2.43 bits per heavy atom. The number of rotatable bonds is 6. The van der Waals surface area contributed by atoms with Crippen LogP contribution in [0.25, 0.3) is 11.3 Å². The lowest BCUT2D eigenvalue weighted by atomic mass is 10.1. The van der Waals surface area contributed by atoms with Gasteiger partial charge in [-0.15, -0.1) is 0 Å². The van der Waals surface area contributed by atoms with E-state index in [9.17, 15) is 0 Å². The Kier molecular flexibility index (Phi) is 4.76. The zero-order chi connectivity index (χ0) is 18.8. The van der Waals surface area contributed by atoms with Crippen LogP contribution in [0, 0.1) is 0 Å². The number of morpholine rings is 1. The van der Waals surface area contributed by atoms with E-state index in [1.165, 1.54) is 11.1 Å². The summed E-state index contributed by atoms with van der Waals surface area (Å²) in [5.74, 6) is 1.52. The van der Waals surface area contributed by atoms with Crippen molar-refractivity contribution in [1.29, 1.82) is 0 Å². The van der Waals surface area contributed by atoms with E-state index in [4.69, 9.17) is 9.37 Å². The van der Waals surface area contributed by atoms with Crippen LogP contribution >= 0.6 is 0 Å². The molecule has 1 N–H and O–H groups in total. The molecule has 2 aromatic heterocycles. The number of hydrogen-bond acceptors (Lipinski definition) is 9. The summed E-state index contributed by atoms with van der Waals surface area (Å²) >= 11 is 0. The Morgan fingerprint density at radius 2 is 1.68 bits per heavy atom. The number of benzene rings is 1. The number of ether oxygens (including phenoxy) is 1. The van der Waals surface area contributed by atoms with E-state index in [1.54, 1.807) is 0 Å². The van der Waals surface area contributed by atoms with Crippen molar-refractivity contribution in [3.8, 4) is 0 Å². The van der Waals surface area contributed by atoms with Crippen molar-refractivity contribution in [2.24, 2.45) is 0 Å². The van der Waals surface area contributed by atoms with Gasteiger partial charge in [-0.1, -0.05) is 24.3 Å². The van der Waals surface area contributed by atoms with Gasteiger partial charge in [-0.25, -0.2) is 14.6 Å². The Balaban J connectivity index is 1.22. The van der Waals surface area contributed by atoms with Crippen molar-refractivity contribution in [2.45, 2.75) is 19.5 Å². The van der Waals surface area contributed by atoms with E-state index in [1.807, 2.05) is 0 Å². The number of anilines is 2. The van der Waals surface area contributed by atoms with Gasteiger partial charge in [0.05, 0.1) is 13.2 Å². The zero-order valence-electron chi connectivity index (χ0n) is 15.7. The normalized spacial score (nSPS) is 17.2. The minimum Gasteiger partial charge on any atom is -0.378 e. The summed E-state index contributed by atoms with van der Waals surface area (Å²) < 4.78 is 10.2. The van der Waals surface area contributed by atoms with E-state index in [0.29, 0.717) is 24.5 Å². The quantitative estimate of drug-likeness (QED) is 0.640. The lowest BCUT2D eigenvalue weighted by Crippen LogP contribution is -2.37. The monoisotopic (exact) mass is 381 g/mol. The Morgan fingerprint density at radius 1 is 0.964 bits per heavy atom. The molecule has 2 aliphatic rings. The highest BCUT2D eigenvalue weighted by Gasteiger charge is 2.21. The van der Waals surface area contributed by atoms with Gasteiger partial charge in [-0.05, 0) is 27.9 Å². The first kappa shape index (κ1) is 17.3. The van der Waals surface area contributed by atoms with Gasteiger partial charge in [0.1, 0.15) is 0 Å². The fourth-order valence-corrected chi connectivity index (χ4v) is 3.81. The Bertz CT molecular complexity index is 929. The molecular weight excluding hydrogens is 358 g/mol. The van der Waals surface area contributed by atoms with Gasteiger partial charge in [0, 0.05) is 39.3 Å². The maximum Gasteiger partial charge on any atom is 0.245 e. The smallest absolute Gasteiger partial charge is 0.245 e. The second kappa shape index (κ2) is 7.69. The highest BCUT2D eigenvalue weighted by Crippen LogP contribution is 2.25. The number of nitrogens with one attached hydrogen (secondary N) is 1. The van der Waals surface area contributed by atoms with Gasteiger partial charge >= 0.3 is 0 Å². The van der Waals surface area contributed by atoms with Crippen LogP contribution in [0.2, 0.25) is 0 Å². The maximum atomic E-state index is 5.45. The van der Waals surface area contributed by atoms with Gasteiger partial charge in [-0.3, -0.25) is 4.90 Å². The number of hydrogen-bond donors (Lipinski definition) is 1. The average molecular weight is 381 g/mol. The third kappa shape index (κ3) is 3.50. The van der Waals surface area contributed by atoms with Gasteiger partial charge in [0.15, 0.2) is 11.6 Å². The lowest BCUT2D eigenvalue weighted by Gasteiger charge is -2.28. The van der Waals surface area contributed by atoms with Crippen molar-refractivity contribution in [3.05, 3.63) is 35.4 Å². The molecule has 0 saturated carbocycles. The highest BCUT2D eigenvalue weighted by molar-refractivity contribution is 5.74. The van der Waals surface area contributed by atoms with Crippen molar-refractivity contribution < 1.29 is 9.37 Å². The number of nitrogens with zero attached hydrogens (tertiary/aromatic N) is 6. The first-order chi connectivity index (χ1) is 13.9. The topological polar surface area (TPSA) is 92.4 Å². The summed E-state index contributed by atoms with van der Waals surface area (Å²) in [5.41, 5.74) is 3.75. The predicted molar refractivity (Wildman–Crippen MR) is 104 cm³/mol. The minimum absolute atomic E-state index is 0.425. The lowest BCUT2D eigenvalue weighted by molar-refractivity contribution is 0.122. The average Bonchev–Trinajstić information content (AvgIpc) is 3.37. The van der Waals surface area contributed by atoms with Crippen molar-refractivity contribution >= 4 is 22.9 Å². The SMILES string of the molecule is c1ccc2c(c1)CN(CCCNc1nc3nonc3nc1N1CCOCC1)C2. The molecule has 9 nitrogen and oxygen atoms in total. The van der Waals surface area contributed by atoms with Crippen LogP contribution in [-0.2, 0) is 17.8 Å². The second-order valence-corrected chi connectivity index (χ2v) is 7.17. The largest absolute Gasteiger partial charge is 0.378 e. The number of aromatic nitrogens is 4. The highest BCUT2D eigenvalue weighted by atomic mass is 16.6. The summed E-state index contributed by atoms with van der Waals surface area (Å²) in [4.78, 5) is 13.8. The van der Waals surface area contributed by atoms with E-state index in [0.717, 1.165) is 57.3 Å². The van der Waals surface area contributed by atoms with Crippen LogP contribution in [0.15, 0.2) is 28.9 Å². The zero-order valence-corrected chi connectivity index (χ0v) is 15.7. The molecule has 28 heavy (non-hydrogen) atoms. The van der Waals surface area contributed by atoms with Crippen LogP contribution in [0.3, 0.4) is 0 Å². The molecule has 5 rings (SSSR count). The van der Waals surface area contributed by atoms with Gasteiger partial charge in [0.2, 0.25) is 11.3 Å². The van der Waals surface area contributed by atoms with Crippen LogP contribution < -0.4 is 10.2 Å². The first-order valence-electron chi connectivity index (χ1n) is 9.73. The van der Waals surface area contributed by atoms with E-state index >= 15 is 0 Å². The molecule has 146 valence electrons. The maximum absolute atomic E-state index is 5.45. The van der Waals surface area contributed by atoms with E-state index < -0.39 is 0 Å². The molecule has 2 aliphatic heterocycles. The van der Waals surface area contributed by atoms with Crippen molar-refractivity contribution in [2.75, 3.05) is 49.6 Å². The fraction of sp³-hybridized carbons (Fsp3) is 0.474. The number of fused-ring (bicyclic) bond motifs is 2. The first-order valence-corrected chi connectivity index (χ1v) is 9.73. The van der Waals surface area contributed by atoms with Crippen molar-refractivity contribution in [1.82, 2.24) is 25.2 Å². The molecule has 1 fully saturated rings. The van der Waals surface area contributed by atoms with Crippen LogP contribution in [0.4, 0.5) is 11.6 Å². The Labute approximate surface area is 162 Å². The third-order valence-electron chi connectivity index (χ3n) is 5.26. The molecule has 0 atom stereocenters. The Hall–Kier alpha value is -2.78. The molecule has 0 aliphatic carbocycles. The molecule has 1 saturated heterocycles. The summed E-state index contributed by atoms with van der Waals surface area (Å²) in [6, 6.07) is 8.67. The molecule has 4 heterocycles. The summed E-state index contributed by atoms with van der Waals surface area (Å²) in [6.45, 7) is 6.86.